The number of hydrogen-bond donors (Lipinski definition) is 1. The molecule has 100 valence electrons. The summed E-state index contributed by atoms with van der Waals surface area (Å²) in [6, 6.07) is 0.143. The van der Waals surface area contributed by atoms with E-state index < -0.39 is 0 Å². The Morgan fingerprint density at radius 2 is 2.39 bits per heavy atom. The van der Waals surface area contributed by atoms with Gasteiger partial charge in [-0.3, -0.25) is 4.79 Å². The summed E-state index contributed by atoms with van der Waals surface area (Å²) < 4.78 is 5.22. The normalized spacial score (nSPS) is 23.1. The van der Waals surface area contributed by atoms with E-state index in [1.807, 2.05) is 11.8 Å². The Morgan fingerprint density at radius 3 is 3.00 bits per heavy atom. The topological polar surface area (TPSA) is 72.4 Å². The van der Waals surface area contributed by atoms with Crippen molar-refractivity contribution in [3.05, 3.63) is 17.8 Å². The van der Waals surface area contributed by atoms with Gasteiger partial charge in [0.25, 0.3) is 5.91 Å². The first-order valence-electron chi connectivity index (χ1n) is 6.43. The minimum Gasteiger partial charge on any atom is -0.448 e. The van der Waals surface area contributed by atoms with E-state index in [-0.39, 0.29) is 17.4 Å². The van der Waals surface area contributed by atoms with E-state index in [4.69, 9.17) is 10.2 Å². The number of aryl methyl sites for hydroxylation is 1. The minimum atomic E-state index is -0.0516. The summed E-state index contributed by atoms with van der Waals surface area (Å²) in [6.45, 7) is 7.51. The van der Waals surface area contributed by atoms with Crippen LogP contribution in [-0.2, 0) is 6.42 Å². The van der Waals surface area contributed by atoms with Crippen LogP contribution < -0.4 is 5.73 Å². The van der Waals surface area contributed by atoms with Gasteiger partial charge in [0.05, 0.1) is 0 Å². The van der Waals surface area contributed by atoms with Crippen molar-refractivity contribution in [1.29, 1.82) is 0 Å². The van der Waals surface area contributed by atoms with Crippen LogP contribution in [0.4, 0.5) is 0 Å². The molecule has 1 saturated heterocycles. The molecule has 2 N–H and O–H groups in total. The van der Waals surface area contributed by atoms with Gasteiger partial charge in [-0.05, 0) is 11.8 Å². The van der Waals surface area contributed by atoms with Gasteiger partial charge in [0.2, 0.25) is 0 Å². The zero-order valence-electron chi connectivity index (χ0n) is 11.3. The Morgan fingerprint density at radius 1 is 1.67 bits per heavy atom. The number of hydrogen-bond acceptors (Lipinski definition) is 4. The highest BCUT2D eigenvalue weighted by Crippen LogP contribution is 2.28. The van der Waals surface area contributed by atoms with Crippen LogP contribution in [0.1, 0.15) is 43.4 Å². The van der Waals surface area contributed by atoms with Crippen LogP contribution in [0.5, 0.6) is 0 Å². The van der Waals surface area contributed by atoms with Crippen molar-refractivity contribution in [2.45, 2.75) is 39.7 Å². The van der Waals surface area contributed by atoms with E-state index in [1.165, 1.54) is 6.39 Å². The maximum absolute atomic E-state index is 12.4. The average molecular weight is 251 g/mol. The quantitative estimate of drug-likeness (QED) is 0.863. The molecule has 1 aliphatic heterocycles. The fraction of sp³-hybridized carbons (Fsp3) is 0.692. The maximum Gasteiger partial charge on any atom is 0.276 e. The Balaban J connectivity index is 2.16. The lowest BCUT2D eigenvalue weighted by atomic mass is 9.79. The van der Waals surface area contributed by atoms with Gasteiger partial charge < -0.3 is 15.1 Å². The van der Waals surface area contributed by atoms with Gasteiger partial charge in [-0.2, -0.15) is 0 Å². The number of aromatic nitrogens is 1. The SMILES string of the molecule is CCc1ocnc1C(=O)N1CCC(N)C(C)(C)C1. The van der Waals surface area contributed by atoms with E-state index in [0.717, 1.165) is 6.42 Å². The Kier molecular flexibility index (Phi) is 3.43. The summed E-state index contributed by atoms with van der Waals surface area (Å²) in [7, 11) is 0. The summed E-state index contributed by atoms with van der Waals surface area (Å²) in [5, 5.41) is 0. The number of nitrogens with two attached hydrogens (primary N) is 1. The fourth-order valence-corrected chi connectivity index (χ4v) is 2.39. The monoisotopic (exact) mass is 251 g/mol. The molecule has 2 heterocycles. The van der Waals surface area contributed by atoms with Gasteiger partial charge >= 0.3 is 0 Å². The number of amides is 1. The standard InChI is InChI=1S/C13H21N3O2/c1-4-9-11(15-8-18-9)12(17)16-6-5-10(14)13(2,3)7-16/h8,10H,4-7,14H2,1-3H3. The molecule has 0 aromatic carbocycles. The highest BCUT2D eigenvalue weighted by molar-refractivity contribution is 5.93. The van der Waals surface area contributed by atoms with Crippen molar-refractivity contribution < 1.29 is 9.21 Å². The van der Waals surface area contributed by atoms with Crippen LogP contribution in [-0.4, -0.2) is 34.9 Å². The number of rotatable bonds is 2. The van der Waals surface area contributed by atoms with E-state index in [1.54, 1.807) is 0 Å². The van der Waals surface area contributed by atoms with E-state index in [9.17, 15) is 4.79 Å². The zero-order valence-corrected chi connectivity index (χ0v) is 11.3. The molecule has 1 atom stereocenters. The fourth-order valence-electron chi connectivity index (χ4n) is 2.39. The molecule has 1 aromatic heterocycles. The molecule has 0 saturated carbocycles. The number of likely N-dealkylation sites (tertiary alicyclic amines) is 1. The lowest BCUT2D eigenvalue weighted by molar-refractivity contribution is 0.0526. The van der Waals surface area contributed by atoms with Gasteiger partial charge in [0.1, 0.15) is 5.76 Å². The first-order valence-corrected chi connectivity index (χ1v) is 6.43. The summed E-state index contributed by atoms with van der Waals surface area (Å²) in [5.74, 6) is 0.619. The number of carbonyl (C=O) groups excluding carboxylic acids is 1. The van der Waals surface area contributed by atoms with Gasteiger partial charge in [0, 0.05) is 25.6 Å². The largest absolute Gasteiger partial charge is 0.448 e. The van der Waals surface area contributed by atoms with Gasteiger partial charge in [-0.25, -0.2) is 4.98 Å². The molecular formula is C13H21N3O2. The van der Waals surface area contributed by atoms with E-state index in [0.29, 0.717) is 31.0 Å². The highest BCUT2D eigenvalue weighted by Gasteiger charge is 2.36. The molecule has 0 aliphatic carbocycles. The van der Waals surface area contributed by atoms with Crippen LogP contribution in [0, 0.1) is 5.41 Å². The first kappa shape index (κ1) is 13.1. The predicted octanol–water partition coefficient (Wildman–Crippen LogP) is 1.44. The molecular weight excluding hydrogens is 230 g/mol. The number of carbonyl (C=O) groups is 1. The number of piperidine rings is 1. The maximum atomic E-state index is 12.4. The Hall–Kier alpha value is -1.36. The van der Waals surface area contributed by atoms with Crippen LogP contribution in [0.15, 0.2) is 10.8 Å². The van der Waals surface area contributed by atoms with Crippen molar-refractivity contribution in [2.24, 2.45) is 11.1 Å². The Bertz CT molecular complexity index is 439. The van der Waals surface area contributed by atoms with Gasteiger partial charge in [-0.15, -0.1) is 0 Å². The van der Waals surface area contributed by atoms with Gasteiger partial charge in [0.15, 0.2) is 12.1 Å². The zero-order chi connectivity index (χ0) is 13.3. The average Bonchev–Trinajstić information content (AvgIpc) is 2.79. The van der Waals surface area contributed by atoms with Crippen LogP contribution in [0.2, 0.25) is 0 Å². The highest BCUT2D eigenvalue weighted by atomic mass is 16.3. The molecule has 1 fully saturated rings. The third-order valence-corrected chi connectivity index (χ3v) is 3.76. The lowest BCUT2D eigenvalue weighted by Crippen LogP contribution is -2.54. The molecule has 18 heavy (non-hydrogen) atoms. The third kappa shape index (κ3) is 2.27. The van der Waals surface area contributed by atoms with Crippen molar-refractivity contribution >= 4 is 5.91 Å². The van der Waals surface area contributed by atoms with Crippen LogP contribution in [0.25, 0.3) is 0 Å². The second kappa shape index (κ2) is 4.72. The molecule has 5 heteroatoms. The molecule has 1 amide bonds. The third-order valence-electron chi connectivity index (χ3n) is 3.76. The van der Waals surface area contributed by atoms with Crippen molar-refractivity contribution in [3.63, 3.8) is 0 Å². The second-order valence-electron chi connectivity index (χ2n) is 5.59. The molecule has 0 bridgehead atoms. The van der Waals surface area contributed by atoms with Crippen molar-refractivity contribution in [3.8, 4) is 0 Å². The summed E-state index contributed by atoms with van der Waals surface area (Å²) in [5.41, 5.74) is 6.47. The number of nitrogens with zero attached hydrogens (tertiary/aromatic N) is 2. The summed E-state index contributed by atoms with van der Waals surface area (Å²) in [6.07, 6.45) is 2.85. The summed E-state index contributed by atoms with van der Waals surface area (Å²) in [4.78, 5) is 18.3. The van der Waals surface area contributed by atoms with Crippen molar-refractivity contribution in [1.82, 2.24) is 9.88 Å². The first-order chi connectivity index (χ1) is 8.45. The predicted molar refractivity (Wildman–Crippen MR) is 68.2 cm³/mol. The summed E-state index contributed by atoms with van der Waals surface area (Å²) >= 11 is 0. The van der Waals surface area contributed by atoms with E-state index in [2.05, 4.69) is 18.8 Å². The smallest absolute Gasteiger partial charge is 0.276 e. The minimum absolute atomic E-state index is 0.0411. The van der Waals surface area contributed by atoms with Crippen LogP contribution in [0.3, 0.4) is 0 Å². The molecule has 1 aliphatic rings. The van der Waals surface area contributed by atoms with Crippen LogP contribution >= 0.6 is 0 Å². The number of oxazole rings is 1. The molecule has 1 unspecified atom stereocenters. The molecule has 5 nitrogen and oxygen atoms in total. The van der Waals surface area contributed by atoms with Crippen molar-refractivity contribution in [2.75, 3.05) is 13.1 Å². The van der Waals surface area contributed by atoms with Gasteiger partial charge in [-0.1, -0.05) is 20.8 Å². The molecule has 0 spiro atoms. The van der Waals surface area contributed by atoms with E-state index >= 15 is 0 Å². The molecule has 1 aromatic rings. The second-order valence-corrected chi connectivity index (χ2v) is 5.59. The lowest BCUT2D eigenvalue weighted by Gasteiger charge is -2.42. The Labute approximate surface area is 107 Å². The molecule has 0 radical (unpaired) electrons. The molecule has 2 rings (SSSR count).